The molecule has 0 unspecified atom stereocenters. The molecule has 1 amide bonds. The zero-order valence-corrected chi connectivity index (χ0v) is 16.0. The van der Waals surface area contributed by atoms with Crippen LogP contribution in [0.5, 0.6) is 0 Å². The number of hydrogen-bond donors (Lipinski definition) is 2. The number of carbonyl (C=O) groups excluding carboxylic acids is 1. The highest BCUT2D eigenvalue weighted by Gasteiger charge is 2.57. The molecule has 5 aliphatic rings. The molecule has 1 aromatic heterocycles. The van der Waals surface area contributed by atoms with E-state index in [4.69, 9.17) is 0 Å². The molecular weight excluding hydrogens is 344 g/mol. The lowest BCUT2D eigenvalue weighted by molar-refractivity contribution is -0.167. The summed E-state index contributed by atoms with van der Waals surface area (Å²) < 4.78 is 0. The Morgan fingerprint density at radius 1 is 1.23 bits per heavy atom. The highest BCUT2D eigenvalue weighted by molar-refractivity contribution is 7.16. The average molecular weight is 371 g/mol. The molecule has 26 heavy (non-hydrogen) atoms. The molecular formula is C21H26N2O2S. The van der Waals surface area contributed by atoms with Crippen molar-refractivity contribution in [3.05, 3.63) is 16.0 Å². The monoisotopic (exact) mass is 370 g/mol. The number of thiophene rings is 1. The molecule has 0 radical (unpaired) electrons. The van der Waals surface area contributed by atoms with Crippen molar-refractivity contribution >= 4 is 22.2 Å². The number of fused-ring (bicyclic) bond motifs is 1. The van der Waals surface area contributed by atoms with Crippen molar-refractivity contribution in [1.29, 1.82) is 5.26 Å². The lowest BCUT2D eigenvalue weighted by Crippen LogP contribution is -2.56. The van der Waals surface area contributed by atoms with Gasteiger partial charge >= 0.3 is 0 Å². The van der Waals surface area contributed by atoms with Gasteiger partial charge in [-0.1, -0.05) is 0 Å². The van der Waals surface area contributed by atoms with E-state index in [0.29, 0.717) is 23.8 Å². The second kappa shape index (κ2) is 5.81. The minimum Gasteiger partial charge on any atom is -0.390 e. The molecule has 0 spiro atoms. The molecule has 4 bridgehead atoms. The molecule has 138 valence electrons. The predicted octanol–water partition coefficient (Wildman–Crippen LogP) is 4.16. The van der Waals surface area contributed by atoms with Crippen LogP contribution in [0.3, 0.4) is 0 Å². The predicted molar refractivity (Wildman–Crippen MR) is 101 cm³/mol. The van der Waals surface area contributed by atoms with Crippen LogP contribution in [0.15, 0.2) is 0 Å². The van der Waals surface area contributed by atoms with Crippen LogP contribution in [0, 0.1) is 28.6 Å². The molecule has 1 aromatic rings. The molecule has 0 aromatic carbocycles. The maximum atomic E-state index is 12.9. The molecule has 0 aliphatic heterocycles. The van der Waals surface area contributed by atoms with Gasteiger partial charge in [0.1, 0.15) is 11.1 Å². The van der Waals surface area contributed by atoms with Crippen LogP contribution in [0.4, 0.5) is 5.00 Å². The topological polar surface area (TPSA) is 73.1 Å². The minimum absolute atomic E-state index is 0.0212. The van der Waals surface area contributed by atoms with Crippen LogP contribution in [-0.4, -0.2) is 16.6 Å². The maximum absolute atomic E-state index is 12.9. The lowest BCUT2D eigenvalue weighted by atomic mass is 9.47. The molecule has 4 fully saturated rings. The molecule has 6 rings (SSSR count). The number of aliphatic hydroxyl groups is 1. The van der Waals surface area contributed by atoms with E-state index in [1.165, 1.54) is 23.3 Å². The Morgan fingerprint density at radius 3 is 2.65 bits per heavy atom. The summed E-state index contributed by atoms with van der Waals surface area (Å²) in [6.07, 6.45) is 10.9. The van der Waals surface area contributed by atoms with E-state index < -0.39 is 5.60 Å². The first kappa shape index (κ1) is 16.8. The number of nitrogens with one attached hydrogen (secondary N) is 1. The van der Waals surface area contributed by atoms with Crippen molar-refractivity contribution < 1.29 is 9.90 Å². The number of anilines is 1. The van der Waals surface area contributed by atoms with E-state index in [0.717, 1.165) is 56.4 Å². The Balaban J connectivity index is 1.34. The van der Waals surface area contributed by atoms with Crippen LogP contribution >= 0.6 is 11.3 Å². The number of carbonyl (C=O) groups is 1. The van der Waals surface area contributed by atoms with Gasteiger partial charge in [-0.15, -0.1) is 11.3 Å². The highest BCUT2D eigenvalue weighted by Crippen LogP contribution is 2.62. The van der Waals surface area contributed by atoms with Crippen molar-refractivity contribution in [3.8, 4) is 6.07 Å². The summed E-state index contributed by atoms with van der Waals surface area (Å²) in [6.45, 7) is 0. The summed E-state index contributed by atoms with van der Waals surface area (Å²) in [6, 6.07) is 2.33. The number of nitrogens with zero attached hydrogens (tertiary/aromatic N) is 1. The van der Waals surface area contributed by atoms with Gasteiger partial charge in [-0.2, -0.15) is 5.26 Å². The molecule has 4 nitrogen and oxygen atoms in total. The molecule has 5 aliphatic carbocycles. The second-order valence-corrected chi connectivity index (χ2v) is 10.5. The van der Waals surface area contributed by atoms with Crippen LogP contribution in [0.25, 0.3) is 0 Å². The first-order valence-electron chi connectivity index (χ1n) is 10.0. The van der Waals surface area contributed by atoms with E-state index >= 15 is 0 Å². The Labute approximate surface area is 158 Å². The third kappa shape index (κ3) is 2.70. The molecule has 5 heteroatoms. The van der Waals surface area contributed by atoms with Gasteiger partial charge in [0.25, 0.3) is 0 Å². The normalized spacial score (nSPS) is 37.2. The second-order valence-electron chi connectivity index (χ2n) is 9.44. The van der Waals surface area contributed by atoms with Gasteiger partial charge in [0, 0.05) is 11.3 Å². The quantitative estimate of drug-likeness (QED) is 0.839. The van der Waals surface area contributed by atoms with E-state index in [-0.39, 0.29) is 11.3 Å². The summed E-state index contributed by atoms with van der Waals surface area (Å²) >= 11 is 1.60. The minimum atomic E-state index is -0.524. The van der Waals surface area contributed by atoms with E-state index in [1.807, 2.05) is 0 Å². The number of amides is 1. The summed E-state index contributed by atoms with van der Waals surface area (Å²) in [4.78, 5) is 14.2. The van der Waals surface area contributed by atoms with Gasteiger partial charge < -0.3 is 10.4 Å². The Morgan fingerprint density at radius 2 is 1.96 bits per heavy atom. The summed E-state index contributed by atoms with van der Waals surface area (Å²) in [5.74, 6) is 1.22. The van der Waals surface area contributed by atoms with Crippen molar-refractivity contribution in [3.63, 3.8) is 0 Å². The number of aryl methyl sites for hydroxylation is 1. The highest BCUT2D eigenvalue weighted by atomic mass is 32.1. The fourth-order valence-electron chi connectivity index (χ4n) is 6.89. The van der Waals surface area contributed by atoms with Crippen LogP contribution in [-0.2, 0) is 17.6 Å². The third-order valence-electron chi connectivity index (χ3n) is 7.22. The number of rotatable bonds is 3. The molecule has 4 saturated carbocycles. The van der Waals surface area contributed by atoms with Gasteiger partial charge in [0.05, 0.1) is 11.2 Å². The van der Waals surface area contributed by atoms with Gasteiger partial charge in [-0.05, 0) is 87.0 Å². The fourth-order valence-corrected chi connectivity index (χ4v) is 8.15. The Bertz CT molecular complexity index is 792. The van der Waals surface area contributed by atoms with Crippen molar-refractivity contribution in [2.75, 3.05) is 5.32 Å². The first-order chi connectivity index (χ1) is 12.5. The first-order valence-corrected chi connectivity index (χ1v) is 10.9. The maximum Gasteiger partial charge on any atom is 0.225 e. The van der Waals surface area contributed by atoms with Crippen molar-refractivity contribution in [2.24, 2.45) is 17.3 Å². The summed E-state index contributed by atoms with van der Waals surface area (Å²) in [5, 5.41) is 24.3. The standard InChI is InChI=1S/C21H26N2O2S/c22-11-16-15-3-1-2-4-17(15)26-19(16)23-18(24)10-20-6-13-5-14(7-20)9-21(25,8-13)12-20/h13-14,25H,1-10,12H2,(H,23,24)/t13-,14-,20?,21?/m1/s1. The fraction of sp³-hybridized carbons (Fsp3) is 0.714. The number of hydrogen-bond acceptors (Lipinski definition) is 4. The SMILES string of the molecule is N#Cc1c(NC(=O)CC23C[C@H]4C[C@@H](CC(O)(C4)C2)C3)sc2c1CCCC2. The third-order valence-corrected chi connectivity index (χ3v) is 8.43. The van der Waals surface area contributed by atoms with E-state index in [1.54, 1.807) is 11.3 Å². The lowest BCUT2D eigenvalue weighted by Gasteiger charge is -2.60. The van der Waals surface area contributed by atoms with Crippen molar-refractivity contribution in [1.82, 2.24) is 0 Å². The smallest absolute Gasteiger partial charge is 0.225 e. The molecule has 2 N–H and O–H groups in total. The summed E-state index contributed by atoms with van der Waals surface area (Å²) in [5.41, 5.74) is 1.32. The van der Waals surface area contributed by atoms with Crippen LogP contribution in [0.1, 0.15) is 73.8 Å². The largest absolute Gasteiger partial charge is 0.390 e. The van der Waals surface area contributed by atoms with E-state index in [2.05, 4.69) is 11.4 Å². The molecule has 2 atom stereocenters. The van der Waals surface area contributed by atoms with Gasteiger partial charge in [0.15, 0.2) is 0 Å². The Hall–Kier alpha value is -1.38. The van der Waals surface area contributed by atoms with Crippen molar-refractivity contribution in [2.45, 2.75) is 76.2 Å². The van der Waals surface area contributed by atoms with Gasteiger partial charge in [-0.3, -0.25) is 4.79 Å². The van der Waals surface area contributed by atoms with Gasteiger partial charge in [0.2, 0.25) is 5.91 Å². The number of nitriles is 1. The summed E-state index contributed by atoms with van der Waals surface area (Å²) in [7, 11) is 0. The zero-order chi connectivity index (χ0) is 17.9. The van der Waals surface area contributed by atoms with Gasteiger partial charge in [-0.25, -0.2) is 0 Å². The van der Waals surface area contributed by atoms with Crippen LogP contribution in [0.2, 0.25) is 0 Å². The zero-order valence-electron chi connectivity index (χ0n) is 15.1. The van der Waals surface area contributed by atoms with E-state index in [9.17, 15) is 15.2 Å². The average Bonchev–Trinajstić information content (AvgIpc) is 2.88. The Kier molecular flexibility index (Phi) is 3.75. The van der Waals surface area contributed by atoms with Crippen LogP contribution < -0.4 is 5.32 Å². The molecule has 0 saturated heterocycles. The molecule has 1 heterocycles.